The number of hydrogen-bond donors (Lipinski definition) is 2. The molecule has 1 aliphatic heterocycles. The van der Waals surface area contributed by atoms with Crippen LogP contribution in [-0.2, 0) is 0 Å². The average Bonchev–Trinajstić information content (AvgIpc) is 2.69. The van der Waals surface area contributed by atoms with E-state index in [2.05, 4.69) is 15.6 Å². The lowest BCUT2D eigenvalue weighted by molar-refractivity contribution is -0.132. The molecule has 0 bridgehead atoms. The number of aliphatic imine (C=N–C) groups is 1. The van der Waals surface area contributed by atoms with Gasteiger partial charge in [0.15, 0.2) is 17.5 Å². The number of nitrogens with zero attached hydrogens (tertiary/aromatic N) is 1. The van der Waals surface area contributed by atoms with Gasteiger partial charge in [0, 0.05) is 31.8 Å². The van der Waals surface area contributed by atoms with E-state index in [0.717, 1.165) is 6.42 Å². The van der Waals surface area contributed by atoms with Crippen molar-refractivity contribution in [2.75, 3.05) is 32.1 Å². The lowest BCUT2D eigenvalue weighted by Crippen LogP contribution is -2.33. The molecule has 2 N–H and O–H groups in total. The van der Waals surface area contributed by atoms with E-state index in [1.807, 2.05) is 0 Å². The van der Waals surface area contributed by atoms with E-state index in [1.54, 1.807) is 18.2 Å². The fourth-order valence-corrected chi connectivity index (χ4v) is 1.88. The highest BCUT2D eigenvalue weighted by molar-refractivity contribution is 14.0. The van der Waals surface area contributed by atoms with Gasteiger partial charge in [-0.1, -0.05) is 0 Å². The summed E-state index contributed by atoms with van der Waals surface area (Å²) in [6.07, 6.45) is -4.31. The van der Waals surface area contributed by atoms with Crippen molar-refractivity contribution in [1.29, 1.82) is 0 Å². The van der Waals surface area contributed by atoms with Crippen LogP contribution in [0.3, 0.4) is 0 Å². The first-order chi connectivity index (χ1) is 10.5. The Labute approximate surface area is 149 Å². The second-order valence-corrected chi connectivity index (χ2v) is 4.70. The molecule has 9 heteroatoms. The molecule has 0 aromatic heterocycles. The summed E-state index contributed by atoms with van der Waals surface area (Å²) in [6, 6.07) is 5.24. The van der Waals surface area contributed by atoms with Crippen molar-refractivity contribution < 1.29 is 22.6 Å². The maximum atomic E-state index is 12.1. The van der Waals surface area contributed by atoms with Gasteiger partial charge in [0.1, 0.15) is 0 Å². The van der Waals surface area contributed by atoms with Crippen LogP contribution in [0.5, 0.6) is 11.5 Å². The van der Waals surface area contributed by atoms with E-state index >= 15 is 0 Å². The van der Waals surface area contributed by atoms with Crippen LogP contribution in [0.4, 0.5) is 18.9 Å². The number of rotatable bonds is 3. The lowest BCUT2D eigenvalue weighted by Gasteiger charge is -2.14. The van der Waals surface area contributed by atoms with Gasteiger partial charge in [-0.05, 0) is 12.1 Å². The maximum absolute atomic E-state index is 12.1. The molecule has 0 saturated heterocycles. The van der Waals surface area contributed by atoms with Gasteiger partial charge in [0.05, 0.1) is 19.6 Å². The normalized spacial score (nSPS) is 14.5. The maximum Gasteiger partial charge on any atom is 0.390 e. The summed E-state index contributed by atoms with van der Waals surface area (Å²) in [7, 11) is 1.49. The molecule has 0 unspecified atom stereocenters. The number of ether oxygens (including phenoxy) is 2. The van der Waals surface area contributed by atoms with Crippen LogP contribution in [0, 0.1) is 0 Å². The van der Waals surface area contributed by atoms with Crippen molar-refractivity contribution >= 4 is 35.6 Å². The highest BCUT2D eigenvalue weighted by atomic mass is 127. The second-order valence-electron chi connectivity index (χ2n) is 4.70. The fraction of sp³-hybridized carbons (Fsp3) is 0.500. The molecule has 0 fully saturated rings. The van der Waals surface area contributed by atoms with Gasteiger partial charge in [0.2, 0.25) is 0 Å². The summed E-state index contributed by atoms with van der Waals surface area (Å²) >= 11 is 0. The van der Waals surface area contributed by atoms with Crippen molar-refractivity contribution in [3.63, 3.8) is 0 Å². The third-order valence-corrected chi connectivity index (χ3v) is 2.93. The number of halogens is 4. The van der Waals surface area contributed by atoms with Crippen LogP contribution in [-0.4, -0.2) is 38.9 Å². The molecule has 1 aromatic rings. The van der Waals surface area contributed by atoms with Gasteiger partial charge in [-0.2, -0.15) is 13.2 Å². The Balaban J connectivity index is 0.00000264. The highest BCUT2D eigenvalue weighted by Crippen LogP contribution is 2.32. The molecule has 0 spiro atoms. The SMILES string of the molecule is CN=C(NCCC(F)(F)F)Nc1ccc2c(c1)OCCCO2.I. The van der Waals surface area contributed by atoms with Gasteiger partial charge in [-0.15, -0.1) is 24.0 Å². The van der Waals surface area contributed by atoms with Crippen LogP contribution in [0.15, 0.2) is 23.2 Å². The molecule has 5 nitrogen and oxygen atoms in total. The summed E-state index contributed by atoms with van der Waals surface area (Å²) < 4.78 is 47.5. The second kappa shape index (κ2) is 9.04. The molecule has 23 heavy (non-hydrogen) atoms. The summed E-state index contributed by atoms with van der Waals surface area (Å²) in [6.45, 7) is 0.920. The van der Waals surface area contributed by atoms with Crippen LogP contribution in [0.1, 0.15) is 12.8 Å². The Morgan fingerprint density at radius 1 is 1.22 bits per heavy atom. The lowest BCUT2D eigenvalue weighted by atomic mass is 10.2. The first-order valence-corrected chi connectivity index (χ1v) is 6.92. The van der Waals surface area contributed by atoms with E-state index in [-0.39, 0.29) is 36.5 Å². The quantitative estimate of drug-likeness (QED) is 0.426. The number of benzene rings is 1. The number of nitrogens with one attached hydrogen (secondary N) is 2. The molecule has 1 aliphatic rings. The molecule has 0 atom stereocenters. The monoisotopic (exact) mass is 445 g/mol. The van der Waals surface area contributed by atoms with Gasteiger partial charge < -0.3 is 20.1 Å². The molecule has 0 saturated carbocycles. The van der Waals surface area contributed by atoms with Gasteiger partial charge in [0.25, 0.3) is 0 Å². The van der Waals surface area contributed by atoms with Gasteiger partial charge in [-0.25, -0.2) is 0 Å². The van der Waals surface area contributed by atoms with Gasteiger partial charge >= 0.3 is 6.18 Å². The van der Waals surface area contributed by atoms with Crippen LogP contribution < -0.4 is 20.1 Å². The Hall–Kier alpha value is -1.39. The Bertz CT molecular complexity index is 538. The van der Waals surface area contributed by atoms with E-state index < -0.39 is 12.6 Å². The topological polar surface area (TPSA) is 54.9 Å². The van der Waals surface area contributed by atoms with Crippen molar-refractivity contribution in [3.8, 4) is 11.5 Å². The third-order valence-electron chi connectivity index (χ3n) is 2.93. The number of alkyl halides is 3. The zero-order valence-corrected chi connectivity index (χ0v) is 14.9. The first kappa shape index (κ1) is 19.7. The van der Waals surface area contributed by atoms with Crippen molar-refractivity contribution in [2.45, 2.75) is 19.0 Å². The molecular weight excluding hydrogens is 426 g/mol. The van der Waals surface area contributed by atoms with Crippen LogP contribution in [0.2, 0.25) is 0 Å². The molecular formula is C14H19F3IN3O2. The molecule has 0 amide bonds. The number of guanidine groups is 1. The van der Waals surface area contributed by atoms with Crippen molar-refractivity contribution in [2.24, 2.45) is 4.99 Å². The predicted octanol–water partition coefficient (Wildman–Crippen LogP) is 3.41. The summed E-state index contributed by atoms with van der Waals surface area (Å²) in [5.41, 5.74) is 0.657. The number of anilines is 1. The number of fused-ring (bicyclic) bond motifs is 1. The molecule has 130 valence electrons. The van der Waals surface area contributed by atoms with Crippen LogP contribution in [0.25, 0.3) is 0 Å². The zero-order chi connectivity index (χ0) is 16.0. The van der Waals surface area contributed by atoms with E-state index in [1.165, 1.54) is 7.05 Å². The molecule has 2 rings (SSSR count). The minimum absolute atomic E-state index is 0. The van der Waals surface area contributed by atoms with Crippen molar-refractivity contribution in [3.05, 3.63) is 18.2 Å². The minimum Gasteiger partial charge on any atom is -0.490 e. The summed E-state index contributed by atoms with van der Waals surface area (Å²) in [4.78, 5) is 3.89. The molecule has 0 radical (unpaired) electrons. The molecule has 1 heterocycles. The first-order valence-electron chi connectivity index (χ1n) is 6.92. The van der Waals surface area contributed by atoms with E-state index in [0.29, 0.717) is 30.4 Å². The minimum atomic E-state index is -4.19. The highest BCUT2D eigenvalue weighted by Gasteiger charge is 2.26. The Morgan fingerprint density at radius 3 is 2.57 bits per heavy atom. The number of hydrogen-bond acceptors (Lipinski definition) is 3. The standard InChI is InChI=1S/C14H18F3N3O2.HI/c1-18-13(19-6-5-14(15,16)17)20-10-3-4-11-12(9-10)22-8-2-7-21-11;/h3-4,9H,2,5-8H2,1H3,(H2,18,19,20);1H. The zero-order valence-electron chi connectivity index (χ0n) is 12.6. The van der Waals surface area contributed by atoms with Crippen molar-refractivity contribution in [1.82, 2.24) is 5.32 Å². The molecule has 1 aromatic carbocycles. The summed E-state index contributed by atoms with van der Waals surface area (Å²) in [5, 5.41) is 5.54. The smallest absolute Gasteiger partial charge is 0.390 e. The van der Waals surface area contributed by atoms with E-state index in [4.69, 9.17) is 9.47 Å². The Kier molecular flexibility index (Phi) is 7.73. The third kappa shape index (κ3) is 6.71. The summed E-state index contributed by atoms with van der Waals surface area (Å²) in [5.74, 6) is 1.52. The van der Waals surface area contributed by atoms with Gasteiger partial charge in [-0.3, -0.25) is 4.99 Å². The predicted molar refractivity (Wildman–Crippen MR) is 93.1 cm³/mol. The molecule has 0 aliphatic carbocycles. The van der Waals surface area contributed by atoms with Crippen LogP contribution >= 0.6 is 24.0 Å². The Morgan fingerprint density at radius 2 is 1.91 bits per heavy atom. The average molecular weight is 445 g/mol. The fourth-order valence-electron chi connectivity index (χ4n) is 1.88. The van der Waals surface area contributed by atoms with E-state index in [9.17, 15) is 13.2 Å². The largest absolute Gasteiger partial charge is 0.490 e.